The van der Waals surface area contributed by atoms with Crippen molar-refractivity contribution in [3.8, 4) is 26.9 Å². The van der Waals surface area contributed by atoms with Gasteiger partial charge >= 0.3 is 0 Å². The van der Waals surface area contributed by atoms with Gasteiger partial charge in [-0.2, -0.15) is 0 Å². The molecule has 27 heavy (non-hydrogen) atoms. The van der Waals surface area contributed by atoms with Crippen LogP contribution < -0.4 is 4.74 Å². The number of ether oxygens (including phenoxy) is 1. The highest BCUT2D eigenvalue weighted by Crippen LogP contribution is 2.26. The highest BCUT2D eigenvalue weighted by molar-refractivity contribution is 7.15. The standard InChI is InChI=1S/C11H11NOS.C10H8ClNS/c1-8-7-14-11(12-8)9-3-5-10(13-2)6-4-9;1-7-6-12-10(13-7)8-2-4-9(11)5-3-8/h3-7H,1-2H3;2-6H,1H3. The smallest absolute Gasteiger partial charge is 0.123 e. The summed E-state index contributed by atoms with van der Waals surface area (Å²) in [5.41, 5.74) is 3.34. The minimum atomic E-state index is 0.761. The lowest BCUT2D eigenvalue weighted by molar-refractivity contribution is 0.415. The Hall–Kier alpha value is -2.21. The van der Waals surface area contributed by atoms with Crippen molar-refractivity contribution in [1.29, 1.82) is 0 Å². The second-order valence-corrected chi connectivity index (χ2v) is 8.33. The number of aryl methyl sites for hydroxylation is 2. The highest BCUT2D eigenvalue weighted by atomic mass is 35.5. The number of aromatic nitrogens is 2. The molecule has 4 rings (SSSR count). The second kappa shape index (κ2) is 9.13. The number of hydrogen-bond acceptors (Lipinski definition) is 5. The van der Waals surface area contributed by atoms with Gasteiger partial charge in [-0.15, -0.1) is 22.7 Å². The van der Waals surface area contributed by atoms with Crippen molar-refractivity contribution in [2.75, 3.05) is 7.11 Å². The first kappa shape index (κ1) is 19.5. The summed E-state index contributed by atoms with van der Waals surface area (Å²) in [6.07, 6.45) is 1.88. The molecular weight excluding hydrogens is 396 g/mol. The molecule has 0 aliphatic carbocycles. The molecule has 2 aromatic carbocycles. The maximum atomic E-state index is 5.79. The van der Waals surface area contributed by atoms with Crippen LogP contribution in [0.3, 0.4) is 0 Å². The molecule has 0 unspecified atom stereocenters. The van der Waals surface area contributed by atoms with Gasteiger partial charge in [0.25, 0.3) is 0 Å². The fourth-order valence-corrected chi connectivity index (χ4v) is 4.00. The van der Waals surface area contributed by atoms with E-state index in [1.165, 1.54) is 4.88 Å². The molecular formula is C21H19ClN2OS2. The molecule has 138 valence electrons. The zero-order chi connectivity index (χ0) is 19.2. The number of hydrogen-bond donors (Lipinski definition) is 0. The van der Waals surface area contributed by atoms with Crippen molar-refractivity contribution in [1.82, 2.24) is 9.97 Å². The zero-order valence-electron chi connectivity index (χ0n) is 15.3. The predicted octanol–water partition coefficient (Wildman–Crippen LogP) is 6.90. The molecule has 2 heterocycles. The van der Waals surface area contributed by atoms with Gasteiger partial charge in [0.05, 0.1) is 7.11 Å². The Kier molecular flexibility index (Phi) is 6.61. The van der Waals surface area contributed by atoms with Crippen LogP contribution >= 0.6 is 34.3 Å². The summed E-state index contributed by atoms with van der Waals surface area (Å²) in [6, 6.07) is 15.7. The van der Waals surface area contributed by atoms with Crippen molar-refractivity contribution in [3.63, 3.8) is 0 Å². The first-order valence-corrected chi connectivity index (χ1v) is 10.4. The quantitative estimate of drug-likeness (QED) is 0.365. The molecule has 0 saturated heterocycles. The summed E-state index contributed by atoms with van der Waals surface area (Å²) in [5.74, 6) is 0.877. The average molecular weight is 415 g/mol. The molecule has 0 fully saturated rings. The molecule has 6 heteroatoms. The number of benzene rings is 2. The van der Waals surface area contributed by atoms with Crippen LogP contribution in [0.5, 0.6) is 5.75 Å². The predicted molar refractivity (Wildman–Crippen MR) is 116 cm³/mol. The third-order valence-corrected chi connectivity index (χ3v) is 5.89. The molecule has 0 aliphatic heterocycles. The fraction of sp³-hybridized carbons (Fsp3) is 0.143. The van der Waals surface area contributed by atoms with Gasteiger partial charge in [-0.3, -0.25) is 0 Å². The summed E-state index contributed by atoms with van der Waals surface area (Å²) in [4.78, 5) is 9.93. The molecule has 0 amide bonds. The lowest BCUT2D eigenvalue weighted by Gasteiger charge is -1.99. The van der Waals surface area contributed by atoms with E-state index in [4.69, 9.17) is 16.3 Å². The van der Waals surface area contributed by atoms with Crippen LogP contribution in [0.15, 0.2) is 60.1 Å². The van der Waals surface area contributed by atoms with Crippen molar-refractivity contribution in [3.05, 3.63) is 75.7 Å². The first-order chi connectivity index (χ1) is 13.0. The van der Waals surface area contributed by atoms with E-state index in [1.807, 2.05) is 61.7 Å². The van der Waals surface area contributed by atoms with Crippen LogP contribution in [-0.4, -0.2) is 17.1 Å². The van der Waals surface area contributed by atoms with Gasteiger partial charge in [-0.25, -0.2) is 9.97 Å². The summed E-state index contributed by atoms with van der Waals surface area (Å²) in [7, 11) is 1.67. The molecule has 0 spiro atoms. The van der Waals surface area contributed by atoms with Gasteiger partial charge in [0.2, 0.25) is 0 Å². The third-order valence-electron chi connectivity index (χ3n) is 3.67. The van der Waals surface area contributed by atoms with Gasteiger partial charge < -0.3 is 4.74 Å². The minimum absolute atomic E-state index is 0.761. The Morgan fingerprint density at radius 2 is 1.52 bits per heavy atom. The molecule has 0 N–H and O–H groups in total. The molecule has 3 nitrogen and oxygen atoms in total. The van der Waals surface area contributed by atoms with Crippen LogP contribution in [-0.2, 0) is 0 Å². The van der Waals surface area contributed by atoms with Crippen LogP contribution in [0.2, 0.25) is 5.02 Å². The summed E-state index contributed by atoms with van der Waals surface area (Å²) >= 11 is 9.14. The second-order valence-electron chi connectivity index (χ2n) is 5.81. The number of methoxy groups -OCH3 is 1. The number of halogens is 1. The van der Waals surface area contributed by atoms with E-state index in [2.05, 4.69) is 22.3 Å². The molecule has 0 bridgehead atoms. The Morgan fingerprint density at radius 1 is 0.889 bits per heavy atom. The van der Waals surface area contributed by atoms with Gasteiger partial charge in [-0.05, 0) is 50.2 Å². The van der Waals surface area contributed by atoms with E-state index in [1.54, 1.807) is 29.8 Å². The Balaban J connectivity index is 0.000000156. The topological polar surface area (TPSA) is 35.0 Å². The van der Waals surface area contributed by atoms with E-state index in [0.717, 1.165) is 37.6 Å². The van der Waals surface area contributed by atoms with Crippen molar-refractivity contribution >= 4 is 34.3 Å². The zero-order valence-corrected chi connectivity index (χ0v) is 17.7. The van der Waals surface area contributed by atoms with Crippen molar-refractivity contribution < 1.29 is 4.74 Å². The van der Waals surface area contributed by atoms with Crippen LogP contribution in [0.4, 0.5) is 0 Å². The van der Waals surface area contributed by atoms with Crippen molar-refractivity contribution in [2.45, 2.75) is 13.8 Å². The molecule has 0 radical (unpaired) electrons. The summed E-state index contributed by atoms with van der Waals surface area (Å²) in [5, 5.41) is 4.93. The van der Waals surface area contributed by atoms with E-state index >= 15 is 0 Å². The Morgan fingerprint density at radius 3 is 2.04 bits per heavy atom. The molecule has 2 aromatic heterocycles. The van der Waals surface area contributed by atoms with E-state index in [9.17, 15) is 0 Å². The number of rotatable bonds is 3. The van der Waals surface area contributed by atoms with Gasteiger partial charge in [0.15, 0.2) is 0 Å². The fourth-order valence-electron chi connectivity index (χ4n) is 2.30. The van der Waals surface area contributed by atoms with E-state index < -0.39 is 0 Å². The monoisotopic (exact) mass is 414 g/mol. The van der Waals surface area contributed by atoms with Crippen molar-refractivity contribution in [2.24, 2.45) is 0 Å². The van der Waals surface area contributed by atoms with Crippen LogP contribution in [0.1, 0.15) is 10.6 Å². The highest BCUT2D eigenvalue weighted by Gasteiger charge is 2.02. The maximum Gasteiger partial charge on any atom is 0.123 e. The van der Waals surface area contributed by atoms with Crippen LogP contribution in [0, 0.1) is 13.8 Å². The van der Waals surface area contributed by atoms with E-state index in [-0.39, 0.29) is 0 Å². The van der Waals surface area contributed by atoms with Gasteiger partial charge in [0, 0.05) is 38.3 Å². The average Bonchev–Trinajstić information content (AvgIpc) is 3.31. The Labute approximate surface area is 172 Å². The third kappa shape index (κ3) is 5.39. The molecule has 0 aliphatic rings. The molecule has 0 saturated carbocycles. The lowest BCUT2D eigenvalue weighted by atomic mass is 10.2. The largest absolute Gasteiger partial charge is 0.497 e. The number of nitrogens with zero attached hydrogens (tertiary/aromatic N) is 2. The summed E-state index contributed by atoms with van der Waals surface area (Å²) < 4.78 is 5.09. The SMILES string of the molecule is COc1ccc(-c2nc(C)cs2)cc1.Cc1cnc(-c2ccc(Cl)cc2)s1. The summed E-state index contributed by atoms with van der Waals surface area (Å²) in [6.45, 7) is 4.06. The van der Waals surface area contributed by atoms with Gasteiger partial charge in [-0.1, -0.05) is 23.7 Å². The van der Waals surface area contributed by atoms with Crippen LogP contribution in [0.25, 0.3) is 21.1 Å². The molecule has 4 aromatic rings. The lowest BCUT2D eigenvalue weighted by Crippen LogP contribution is -1.82. The van der Waals surface area contributed by atoms with E-state index in [0.29, 0.717) is 0 Å². The normalized spacial score (nSPS) is 10.2. The molecule has 0 atom stereocenters. The van der Waals surface area contributed by atoms with Gasteiger partial charge in [0.1, 0.15) is 15.8 Å². The first-order valence-electron chi connectivity index (χ1n) is 8.30. The maximum absolute atomic E-state index is 5.79. The minimum Gasteiger partial charge on any atom is -0.497 e. The number of thiazole rings is 2. The Bertz CT molecular complexity index is 992.